The molecule has 0 bridgehead atoms. The van der Waals surface area contributed by atoms with Crippen LogP contribution in [0.25, 0.3) is 0 Å². The summed E-state index contributed by atoms with van der Waals surface area (Å²) in [5, 5.41) is 2.27. The van der Waals surface area contributed by atoms with Crippen LogP contribution in [0.4, 0.5) is 4.79 Å². The number of hydrogen-bond acceptors (Lipinski definition) is 3. The number of carbonyl (C=O) groups is 2. The molecule has 16 heavy (non-hydrogen) atoms. The maximum Gasteiger partial charge on any atom is 0.324 e. The lowest BCUT2D eigenvalue weighted by atomic mass is 10.2. The third-order valence-electron chi connectivity index (χ3n) is 2.27. The number of aromatic nitrogens is 1. The number of rotatable bonds is 2. The molecule has 1 aromatic rings. The Hall–Kier alpha value is -1.43. The molecule has 0 aromatic carbocycles. The Bertz CT molecular complexity index is 436. The summed E-state index contributed by atoms with van der Waals surface area (Å²) >= 11 is 3.34. The van der Waals surface area contributed by atoms with Crippen molar-refractivity contribution in [1.82, 2.24) is 15.2 Å². The fourth-order valence-electron chi connectivity index (χ4n) is 1.48. The molecule has 1 aliphatic heterocycles. The molecule has 0 spiro atoms. The molecule has 6 heteroatoms. The van der Waals surface area contributed by atoms with Gasteiger partial charge in [-0.05, 0) is 12.1 Å². The van der Waals surface area contributed by atoms with E-state index in [1.165, 1.54) is 0 Å². The summed E-state index contributed by atoms with van der Waals surface area (Å²) in [6.45, 7) is 0.859. The Balaban J connectivity index is 2.05. The number of nitrogens with one attached hydrogen (secondary N) is 1. The van der Waals surface area contributed by atoms with E-state index in [0.717, 1.165) is 10.2 Å². The van der Waals surface area contributed by atoms with Crippen molar-refractivity contribution in [3.8, 4) is 0 Å². The lowest BCUT2D eigenvalue weighted by Gasteiger charge is -2.26. The van der Waals surface area contributed by atoms with Crippen molar-refractivity contribution in [2.24, 2.45) is 0 Å². The molecule has 3 amide bonds. The minimum Gasteiger partial charge on any atom is -0.318 e. The molecule has 84 valence electrons. The number of hydrogen-bond donors (Lipinski definition) is 1. The van der Waals surface area contributed by atoms with Gasteiger partial charge in [-0.15, -0.1) is 0 Å². The lowest BCUT2D eigenvalue weighted by molar-refractivity contribution is -0.121. The van der Waals surface area contributed by atoms with Crippen LogP contribution in [0.15, 0.2) is 22.8 Å². The van der Waals surface area contributed by atoms with Crippen molar-refractivity contribution < 1.29 is 9.59 Å². The second kappa shape index (κ2) is 4.61. The first-order valence-electron chi connectivity index (χ1n) is 4.84. The molecule has 0 radical (unpaired) electrons. The van der Waals surface area contributed by atoms with E-state index in [2.05, 4.69) is 26.2 Å². The summed E-state index contributed by atoms with van der Waals surface area (Å²) in [6.07, 6.45) is 2.02. The Morgan fingerprint density at radius 2 is 2.31 bits per heavy atom. The van der Waals surface area contributed by atoms with E-state index < -0.39 is 0 Å². The number of carbonyl (C=O) groups excluding carboxylic acids is 2. The number of imide groups is 1. The average molecular weight is 284 g/mol. The number of halogens is 1. The molecule has 1 saturated heterocycles. The molecule has 0 aliphatic carbocycles. The molecule has 1 fully saturated rings. The number of amides is 3. The molecular formula is C10H10BrN3O2. The molecular weight excluding hydrogens is 274 g/mol. The van der Waals surface area contributed by atoms with Crippen molar-refractivity contribution in [2.45, 2.75) is 13.0 Å². The first-order valence-corrected chi connectivity index (χ1v) is 5.63. The summed E-state index contributed by atoms with van der Waals surface area (Å²) in [5.74, 6) is -0.219. The largest absolute Gasteiger partial charge is 0.324 e. The molecule has 2 heterocycles. The van der Waals surface area contributed by atoms with Crippen molar-refractivity contribution in [3.63, 3.8) is 0 Å². The maximum absolute atomic E-state index is 11.4. The minimum atomic E-state index is -0.349. The van der Waals surface area contributed by atoms with Gasteiger partial charge in [-0.3, -0.25) is 15.1 Å². The highest BCUT2D eigenvalue weighted by Crippen LogP contribution is 2.12. The van der Waals surface area contributed by atoms with E-state index in [9.17, 15) is 9.59 Å². The molecule has 5 nitrogen and oxygen atoms in total. The molecule has 1 aliphatic rings. The van der Waals surface area contributed by atoms with Crippen molar-refractivity contribution in [1.29, 1.82) is 0 Å². The second-order valence-electron chi connectivity index (χ2n) is 3.49. The van der Waals surface area contributed by atoms with E-state index >= 15 is 0 Å². The summed E-state index contributed by atoms with van der Waals surface area (Å²) in [5.41, 5.74) is 0.791. The third-order valence-corrected chi connectivity index (χ3v) is 2.77. The zero-order chi connectivity index (χ0) is 11.5. The third kappa shape index (κ3) is 2.57. The van der Waals surface area contributed by atoms with E-state index in [-0.39, 0.29) is 11.9 Å². The van der Waals surface area contributed by atoms with E-state index in [4.69, 9.17) is 0 Å². The predicted molar refractivity (Wildman–Crippen MR) is 60.5 cm³/mol. The first kappa shape index (κ1) is 11.1. The van der Waals surface area contributed by atoms with Gasteiger partial charge in [0.15, 0.2) is 0 Å². The topological polar surface area (TPSA) is 62.3 Å². The minimum absolute atomic E-state index is 0.219. The number of nitrogens with zero attached hydrogens (tertiary/aromatic N) is 2. The van der Waals surface area contributed by atoms with E-state index in [1.807, 2.05) is 12.1 Å². The van der Waals surface area contributed by atoms with Crippen LogP contribution in [0.2, 0.25) is 0 Å². The summed E-state index contributed by atoms with van der Waals surface area (Å²) in [7, 11) is 0. The quantitative estimate of drug-likeness (QED) is 0.890. The van der Waals surface area contributed by atoms with Crippen LogP contribution in [-0.4, -0.2) is 28.4 Å². The standard InChI is InChI=1S/C10H10BrN3O2/c11-7-1-3-12-8(5-7)6-14-4-2-9(15)13-10(14)16/h1,3,5H,2,4,6H2,(H,13,15,16). The van der Waals surface area contributed by atoms with Crippen LogP contribution in [0.1, 0.15) is 12.1 Å². The van der Waals surface area contributed by atoms with Crippen LogP contribution in [0.5, 0.6) is 0 Å². The Morgan fingerprint density at radius 3 is 3.00 bits per heavy atom. The van der Waals surface area contributed by atoms with Gasteiger partial charge in [0.2, 0.25) is 5.91 Å². The fraction of sp³-hybridized carbons (Fsp3) is 0.300. The van der Waals surface area contributed by atoms with Gasteiger partial charge >= 0.3 is 6.03 Å². The highest BCUT2D eigenvalue weighted by molar-refractivity contribution is 9.10. The normalized spacial score (nSPS) is 16.2. The summed E-state index contributed by atoms with van der Waals surface area (Å²) in [4.78, 5) is 28.1. The second-order valence-corrected chi connectivity index (χ2v) is 4.41. The fourth-order valence-corrected chi connectivity index (χ4v) is 1.86. The summed E-state index contributed by atoms with van der Waals surface area (Å²) in [6, 6.07) is 3.32. The van der Waals surface area contributed by atoms with Gasteiger partial charge in [-0.25, -0.2) is 4.79 Å². The van der Waals surface area contributed by atoms with Crippen molar-refractivity contribution in [3.05, 3.63) is 28.5 Å². The Morgan fingerprint density at radius 1 is 1.50 bits per heavy atom. The van der Waals surface area contributed by atoms with Crippen LogP contribution < -0.4 is 5.32 Å². The smallest absolute Gasteiger partial charge is 0.318 e. The monoisotopic (exact) mass is 283 g/mol. The molecule has 1 N–H and O–H groups in total. The number of pyridine rings is 1. The van der Waals surface area contributed by atoms with Gasteiger partial charge in [0.1, 0.15) is 0 Å². The van der Waals surface area contributed by atoms with Gasteiger partial charge < -0.3 is 4.90 Å². The van der Waals surface area contributed by atoms with Crippen molar-refractivity contribution >= 4 is 27.9 Å². The zero-order valence-corrected chi connectivity index (χ0v) is 10.0. The van der Waals surface area contributed by atoms with E-state index in [1.54, 1.807) is 11.1 Å². The van der Waals surface area contributed by atoms with Gasteiger partial charge in [-0.2, -0.15) is 0 Å². The van der Waals surface area contributed by atoms with Crippen LogP contribution in [-0.2, 0) is 11.3 Å². The SMILES string of the molecule is O=C1CCN(Cc2cc(Br)ccn2)C(=O)N1. The lowest BCUT2D eigenvalue weighted by Crippen LogP contribution is -2.48. The van der Waals surface area contributed by atoms with Gasteiger partial charge in [0, 0.05) is 23.6 Å². The molecule has 1 aromatic heterocycles. The predicted octanol–water partition coefficient (Wildman–Crippen LogP) is 1.29. The number of urea groups is 1. The van der Waals surface area contributed by atoms with Crippen LogP contribution in [0, 0.1) is 0 Å². The van der Waals surface area contributed by atoms with Crippen LogP contribution >= 0.6 is 15.9 Å². The van der Waals surface area contributed by atoms with Crippen LogP contribution in [0.3, 0.4) is 0 Å². The summed E-state index contributed by atoms with van der Waals surface area (Å²) < 4.78 is 0.922. The highest BCUT2D eigenvalue weighted by Gasteiger charge is 2.22. The van der Waals surface area contributed by atoms with E-state index in [0.29, 0.717) is 19.5 Å². The first-order chi connectivity index (χ1) is 7.65. The Kier molecular flexibility index (Phi) is 3.19. The highest BCUT2D eigenvalue weighted by atomic mass is 79.9. The van der Waals surface area contributed by atoms with Gasteiger partial charge in [-0.1, -0.05) is 15.9 Å². The zero-order valence-electron chi connectivity index (χ0n) is 8.44. The molecule has 2 rings (SSSR count). The average Bonchev–Trinajstić information content (AvgIpc) is 2.22. The van der Waals surface area contributed by atoms with Gasteiger partial charge in [0.25, 0.3) is 0 Å². The molecule has 0 atom stereocenters. The van der Waals surface area contributed by atoms with Crippen molar-refractivity contribution in [2.75, 3.05) is 6.54 Å². The molecule has 0 saturated carbocycles. The molecule has 0 unspecified atom stereocenters. The maximum atomic E-state index is 11.4. The van der Waals surface area contributed by atoms with Gasteiger partial charge in [0.05, 0.1) is 12.2 Å². The Labute approximate surface area is 101 Å².